The van der Waals surface area contributed by atoms with Gasteiger partial charge in [-0.25, -0.2) is 10.1 Å². The fourth-order valence-corrected chi connectivity index (χ4v) is 5.07. The summed E-state index contributed by atoms with van der Waals surface area (Å²) in [6.45, 7) is 3.06. The van der Waals surface area contributed by atoms with Crippen LogP contribution in [0.3, 0.4) is 0 Å². The van der Waals surface area contributed by atoms with Crippen LogP contribution in [0.5, 0.6) is 0 Å². The standard InChI is InChI=1S/C22H23N5O4S.ClH/c1-14(28)22-24-8-9-26(22)11-17-10-21(31-25-17)16-5-2-15(3-6-16)4-7-18-19-12-27(13-20(18)19)32(23,29)30;/h2-3,5-6,8-10,14,18-20,28H,11-13H2,1H3,(H2,23,29,30);1H/t14-,18?,19?,20?;/m0./s1. The van der Waals surface area contributed by atoms with Gasteiger partial charge in [0.25, 0.3) is 10.2 Å². The van der Waals surface area contributed by atoms with Crippen molar-refractivity contribution < 1.29 is 18.0 Å². The van der Waals surface area contributed by atoms with E-state index in [-0.39, 0.29) is 30.2 Å². The molecule has 1 aromatic carbocycles. The van der Waals surface area contributed by atoms with Crippen LogP contribution in [0, 0.1) is 29.6 Å². The summed E-state index contributed by atoms with van der Waals surface area (Å²) in [5, 5.41) is 19.1. The molecule has 0 amide bonds. The summed E-state index contributed by atoms with van der Waals surface area (Å²) < 4.78 is 31.5. The van der Waals surface area contributed by atoms with Gasteiger partial charge in [-0.3, -0.25) is 0 Å². The van der Waals surface area contributed by atoms with E-state index < -0.39 is 16.3 Å². The van der Waals surface area contributed by atoms with Gasteiger partial charge in [-0.1, -0.05) is 17.0 Å². The van der Waals surface area contributed by atoms with Gasteiger partial charge >= 0.3 is 0 Å². The topological polar surface area (TPSA) is 127 Å². The predicted octanol–water partition coefficient (Wildman–Crippen LogP) is 1.79. The summed E-state index contributed by atoms with van der Waals surface area (Å²) in [5.74, 6) is 8.51. The number of rotatable bonds is 5. The zero-order chi connectivity index (χ0) is 22.5. The molecule has 2 fully saturated rings. The maximum Gasteiger partial charge on any atom is 0.276 e. The minimum atomic E-state index is -3.59. The molecule has 11 heteroatoms. The average Bonchev–Trinajstić information content (AvgIpc) is 3.24. The highest BCUT2D eigenvalue weighted by Gasteiger charge is 2.56. The molecular weight excluding hydrogens is 466 g/mol. The van der Waals surface area contributed by atoms with Gasteiger partial charge in [0, 0.05) is 48.6 Å². The van der Waals surface area contributed by atoms with Crippen molar-refractivity contribution in [3.8, 4) is 23.2 Å². The number of benzene rings is 1. The summed E-state index contributed by atoms with van der Waals surface area (Å²) in [6.07, 6.45) is 2.78. The number of hydrogen-bond donors (Lipinski definition) is 2. The number of nitrogens with zero attached hydrogens (tertiary/aromatic N) is 4. The number of halogens is 1. The Bertz CT molecular complexity index is 1290. The van der Waals surface area contributed by atoms with Gasteiger partial charge in [0.2, 0.25) is 0 Å². The molecule has 3 atom stereocenters. The van der Waals surface area contributed by atoms with E-state index in [1.165, 1.54) is 4.31 Å². The normalized spacial score (nSPS) is 22.7. The fraction of sp³-hybridized carbons (Fsp3) is 0.364. The molecule has 0 spiro atoms. The van der Waals surface area contributed by atoms with Crippen molar-refractivity contribution in [2.24, 2.45) is 22.9 Å². The van der Waals surface area contributed by atoms with Crippen molar-refractivity contribution in [2.45, 2.75) is 19.6 Å². The third-order valence-electron chi connectivity index (χ3n) is 6.09. The molecule has 1 aliphatic heterocycles. The number of imidazole rings is 1. The van der Waals surface area contributed by atoms with Crippen molar-refractivity contribution in [3.63, 3.8) is 0 Å². The molecule has 0 radical (unpaired) electrons. The van der Waals surface area contributed by atoms with Crippen molar-refractivity contribution in [1.82, 2.24) is 19.0 Å². The number of hydrogen-bond acceptors (Lipinski definition) is 6. The van der Waals surface area contributed by atoms with Gasteiger partial charge in [-0.15, -0.1) is 12.4 Å². The number of piperidine rings is 1. The molecular formula is C22H24ClN5O4S. The van der Waals surface area contributed by atoms with Crippen LogP contribution >= 0.6 is 12.4 Å². The number of fused-ring (bicyclic) bond motifs is 1. The van der Waals surface area contributed by atoms with Crippen LogP contribution in [0.1, 0.15) is 30.1 Å². The number of aromatic nitrogens is 3. The summed E-state index contributed by atoms with van der Waals surface area (Å²) in [7, 11) is -3.59. The Kier molecular flexibility index (Phi) is 6.35. The van der Waals surface area contributed by atoms with Crippen LogP contribution in [-0.4, -0.2) is 45.6 Å². The van der Waals surface area contributed by atoms with Crippen LogP contribution in [-0.2, 0) is 16.8 Å². The Labute approximate surface area is 198 Å². The lowest BCUT2D eigenvalue weighted by Crippen LogP contribution is -2.36. The quantitative estimate of drug-likeness (QED) is 0.526. The first kappa shape index (κ1) is 23.5. The first-order valence-corrected chi connectivity index (χ1v) is 11.8. The highest BCUT2D eigenvalue weighted by Crippen LogP contribution is 2.51. The maximum absolute atomic E-state index is 11.4. The molecule has 174 valence electrons. The summed E-state index contributed by atoms with van der Waals surface area (Å²) >= 11 is 0. The van der Waals surface area contributed by atoms with E-state index in [1.54, 1.807) is 19.3 Å². The van der Waals surface area contributed by atoms with Gasteiger partial charge in [0.15, 0.2) is 5.76 Å². The molecule has 2 aromatic heterocycles. The lowest BCUT2D eigenvalue weighted by Gasteiger charge is -2.14. The monoisotopic (exact) mass is 489 g/mol. The number of aliphatic hydroxyl groups excluding tert-OH is 1. The van der Waals surface area contributed by atoms with Gasteiger partial charge in [-0.05, 0) is 43.0 Å². The van der Waals surface area contributed by atoms with E-state index in [0.29, 0.717) is 31.2 Å². The fourth-order valence-electron chi connectivity index (χ4n) is 4.31. The van der Waals surface area contributed by atoms with E-state index in [1.807, 2.05) is 34.9 Å². The van der Waals surface area contributed by atoms with E-state index in [2.05, 4.69) is 22.0 Å². The zero-order valence-corrected chi connectivity index (χ0v) is 19.5. The maximum atomic E-state index is 11.4. The van der Waals surface area contributed by atoms with Crippen molar-refractivity contribution in [1.29, 1.82) is 0 Å². The van der Waals surface area contributed by atoms with E-state index >= 15 is 0 Å². The molecule has 0 bridgehead atoms. The first-order valence-electron chi connectivity index (χ1n) is 10.3. The van der Waals surface area contributed by atoms with Crippen LogP contribution in [0.2, 0.25) is 0 Å². The van der Waals surface area contributed by atoms with Gasteiger partial charge < -0.3 is 14.2 Å². The van der Waals surface area contributed by atoms with Crippen LogP contribution in [0.15, 0.2) is 47.2 Å². The lowest BCUT2D eigenvalue weighted by molar-refractivity contribution is 0.184. The molecule has 5 rings (SSSR count). The largest absolute Gasteiger partial charge is 0.385 e. The summed E-state index contributed by atoms with van der Waals surface area (Å²) in [4.78, 5) is 4.16. The number of aliphatic hydroxyl groups is 1. The Balaban J connectivity index is 0.00000259. The Hall–Kier alpha value is -2.68. The van der Waals surface area contributed by atoms with Crippen molar-refractivity contribution >= 4 is 22.6 Å². The minimum absolute atomic E-state index is 0. The Morgan fingerprint density at radius 2 is 1.97 bits per heavy atom. The van der Waals surface area contributed by atoms with Gasteiger partial charge in [0.05, 0.1) is 6.54 Å². The zero-order valence-electron chi connectivity index (χ0n) is 17.8. The van der Waals surface area contributed by atoms with E-state index in [4.69, 9.17) is 9.66 Å². The smallest absolute Gasteiger partial charge is 0.276 e. The van der Waals surface area contributed by atoms with Crippen LogP contribution < -0.4 is 5.14 Å². The van der Waals surface area contributed by atoms with Crippen molar-refractivity contribution in [2.75, 3.05) is 13.1 Å². The lowest BCUT2D eigenvalue weighted by atomic mass is 10.1. The third kappa shape index (κ3) is 4.83. The summed E-state index contributed by atoms with van der Waals surface area (Å²) in [6, 6.07) is 9.60. The molecule has 2 unspecified atom stereocenters. The average molecular weight is 490 g/mol. The number of nitrogens with two attached hydrogens (primary N) is 1. The van der Waals surface area contributed by atoms with E-state index in [0.717, 1.165) is 16.8 Å². The van der Waals surface area contributed by atoms with Gasteiger partial charge in [-0.2, -0.15) is 12.7 Å². The first-order chi connectivity index (χ1) is 15.3. The second-order valence-corrected chi connectivity index (χ2v) is 9.88. The third-order valence-corrected chi connectivity index (χ3v) is 7.10. The second kappa shape index (κ2) is 8.93. The molecule has 3 aromatic rings. The highest BCUT2D eigenvalue weighted by molar-refractivity contribution is 7.86. The van der Waals surface area contributed by atoms with Gasteiger partial charge in [0.1, 0.15) is 17.6 Å². The SMILES string of the molecule is C[C@H](O)c1nccn1Cc1cc(-c2ccc(C#CC3C4CN(S(N)(=O)=O)CC34)cc2)on1.Cl. The molecule has 2 aliphatic rings. The Morgan fingerprint density at radius 1 is 1.27 bits per heavy atom. The predicted molar refractivity (Wildman–Crippen MR) is 123 cm³/mol. The molecule has 1 saturated carbocycles. The molecule has 3 heterocycles. The Morgan fingerprint density at radius 3 is 2.61 bits per heavy atom. The summed E-state index contributed by atoms with van der Waals surface area (Å²) in [5.41, 5.74) is 2.52. The molecule has 3 N–H and O–H groups in total. The highest BCUT2D eigenvalue weighted by atomic mass is 35.5. The molecule has 1 saturated heterocycles. The molecule has 33 heavy (non-hydrogen) atoms. The second-order valence-electron chi connectivity index (χ2n) is 8.33. The molecule has 1 aliphatic carbocycles. The minimum Gasteiger partial charge on any atom is -0.385 e. The molecule has 9 nitrogen and oxygen atoms in total. The van der Waals surface area contributed by atoms with Crippen LogP contribution in [0.25, 0.3) is 11.3 Å². The van der Waals surface area contributed by atoms with Crippen molar-refractivity contribution in [3.05, 3.63) is 59.8 Å². The van der Waals surface area contributed by atoms with E-state index in [9.17, 15) is 13.5 Å². The van der Waals surface area contributed by atoms with Crippen LogP contribution in [0.4, 0.5) is 0 Å².